The molecule has 1 aliphatic heterocycles. The van der Waals surface area contributed by atoms with Gasteiger partial charge in [-0.05, 0) is 29.8 Å². The van der Waals surface area contributed by atoms with Crippen molar-refractivity contribution in [3.05, 3.63) is 70.2 Å². The smallest absolute Gasteiger partial charge is 0.253 e. The minimum Gasteiger partial charge on any atom is -0.336 e. The minimum atomic E-state index is -0.254. The normalized spacial score (nSPS) is 16.4. The van der Waals surface area contributed by atoms with Crippen molar-refractivity contribution in [1.82, 2.24) is 9.80 Å². The van der Waals surface area contributed by atoms with Crippen molar-refractivity contribution >= 4 is 21.8 Å². The second-order valence-corrected chi connectivity index (χ2v) is 6.69. The number of carbonyl (C=O) groups excluding carboxylic acids is 1. The highest BCUT2D eigenvalue weighted by Crippen LogP contribution is 2.22. The van der Waals surface area contributed by atoms with Crippen LogP contribution < -0.4 is 0 Å². The monoisotopic (exact) mass is 383 g/mol. The second kappa shape index (κ2) is 7.61. The Kier molecular flexibility index (Phi) is 5.29. The van der Waals surface area contributed by atoms with Crippen LogP contribution in [0.1, 0.15) is 22.0 Å². The molecule has 4 nitrogen and oxygen atoms in total. The largest absolute Gasteiger partial charge is 0.336 e. The molecule has 1 unspecified atom stereocenters. The Hall–Kier alpha value is -2.16. The summed E-state index contributed by atoms with van der Waals surface area (Å²) in [5.74, 6) is 0.0513. The van der Waals surface area contributed by atoms with Crippen LogP contribution in [0, 0.1) is 11.3 Å². The van der Waals surface area contributed by atoms with Gasteiger partial charge in [0.15, 0.2) is 0 Å². The van der Waals surface area contributed by atoms with Gasteiger partial charge in [0.1, 0.15) is 6.04 Å². The molecule has 24 heavy (non-hydrogen) atoms. The van der Waals surface area contributed by atoms with Gasteiger partial charge in [0.25, 0.3) is 5.91 Å². The molecule has 1 amide bonds. The van der Waals surface area contributed by atoms with Crippen molar-refractivity contribution in [2.45, 2.75) is 6.04 Å². The van der Waals surface area contributed by atoms with Gasteiger partial charge in [-0.1, -0.05) is 46.3 Å². The molecule has 0 aromatic heterocycles. The van der Waals surface area contributed by atoms with Crippen LogP contribution >= 0.6 is 15.9 Å². The number of hydrogen-bond acceptors (Lipinski definition) is 3. The zero-order valence-electron chi connectivity index (χ0n) is 13.2. The molecular weight excluding hydrogens is 366 g/mol. The maximum atomic E-state index is 12.6. The van der Waals surface area contributed by atoms with E-state index in [2.05, 4.69) is 26.9 Å². The summed E-state index contributed by atoms with van der Waals surface area (Å²) in [6.45, 7) is 2.69. The maximum Gasteiger partial charge on any atom is 0.253 e. The Morgan fingerprint density at radius 2 is 1.62 bits per heavy atom. The average molecular weight is 384 g/mol. The Morgan fingerprint density at radius 3 is 2.21 bits per heavy atom. The van der Waals surface area contributed by atoms with Crippen molar-refractivity contribution < 1.29 is 4.79 Å². The molecular formula is C19H18BrN3O. The van der Waals surface area contributed by atoms with Gasteiger partial charge in [0.05, 0.1) is 6.07 Å². The molecule has 1 atom stereocenters. The first kappa shape index (κ1) is 16.7. The third kappa shape index (κ3) is 3.66. The van der Waals surface area contributed by atoms with E-state index >= 15 is 0 Å². The first-order valence-electron chi connectivity index (χ1n) is 7.92. The molecule has 0 radical (unpaired) electrons. The van der Waals surface area contributed by atoms with Gasteiger partial charge in [-0.3, -0.25) is 9.69 Å². The number of amides is 1. The van der Waals surface area contributed by atoms with Crippen molar-refractivity contribution in [2.24, 2.45) is 0 Å². The molecule has 5 heteroatoms. The van der Waals surface area contributed by atoms with Gasteiger partial charge in [-0.2, -0.15) is 5.26 Å². The number of nitriles is 1. The molecule has 1 aliphatic rings. The summed E-state index contributed by atoms with van der Waals surface area (Å²) in [7, 11) is 0. The summed E-state index contributed by atoms with van der Waals surface area (Å²) >= 11 is 3.38. The van der Waals surface area contributed by atoms with Crippen LogP contribution in [-0.2, 0) is 0 Å². The maximum absolute atomic E-state index is 12.6. The van der Waals surface area contributed by atoms with E-state index in [0.717, 1.165) is 10.0 Å². The van der Waals surface area contributed by atoms with Crippen LogP contribution in [0.15, 0.2) is 59.1 Å². The van der Waals surface area contributed by atoms with E-state index < -0.39 is 0 Å². The number of halogens is 1. The average Bonchev–Trinajstić information content (AvgIpc) is 2.64. The molecule has 0 aliphatic carbocycles. The van der Waals surface area contributed by atoms with Gasteiger partial charge in [0, 0.05) is 36.2 Å². The second-order valence-electron chi connectivity index (χ2n) is 5.78. The van der Waals surface area contributed by atoms with Crippen molar-refractivity contribution in [3.8, 4) is 6.07 Å². The summed E-state index contributed by atoms with van der Waals surface area (Å²) in [4.78, 5) is 16.6. The van der Waals surface area contributed by atoms with Gasteiger partial charge in [-0.15, -0.1) is 0 Å². The van der Waals surface area contributed by atoms with Crippen LogP contribution in [0.3, 0.4) is 0 Å². The number of piperazine rings is 1. The minimum absolute atomic E-state index is 0.0513. The fourth-order valence-electron chi connectivity index (χ4n) is 2.96. The summed E-state index contributed by atoms with van der Waals surface area (Å²) in [6, 6.07) is 19.4. The molecule has 2 aromatic rings. The number of hydrogen-bond donors (Lipinski definition) is 0. The molecule has 122 valence electrons. The van der Waals surface area contributed by atoms with Crippen LogP contribution in [0.25, 0.3) is 0 Å². The highest BCUT2D eigenvalue weighted by atomic mass is 79.9. The molecule has 0 bridgehead atoms. The highest BCUT2D eigenvalue weighted by Gasteiger charge is 2.27. The fraction of sp³-hybridized carbons (Fsp3) is 0.263. The first-order chi connectivity index (χ1) is 11.7. The SMILES string of the molecule is N#CC(c1ccccc1)N1CCN(C(=O)c2ccc(Br)cc2)CC1. The molecule has 0 N–H and O–H groups in total. The molecule has 0 saturated carbocycles. The molecule has 2 aromatic carbocycles. The lowest BCUT2D eigenvalue weighted by molar-refractivity contribution is 0.0606. The summed E-state index contributed by atoms with van der Waals surface area (Å²) in [5.41, 5.74) is 1.71. The van der Waals surface area contributed by atoms with E-state index in [-0.39, 0.29) is 11.9 Å². The van der Waals surface area contributed by atoms with Crippen molar-refractivity contribution in [1.29, 1.82) is 5.26 Å². The van der Waals surface area contributed by atoms with Gasteiger partial charge < -0.3 is 4.90 Å². The predicted molar refractivity (Wildman–Crippen MR) is 96.4 cm³/mol. The fourth-order valence-corrected chi connectivity index (χ4v) is 3.22. The van der Waals surface area contributed by atoms with Crippen LogP contribution in [0.5, 0.6) is 0 Å². The summed E-state index contributed by atoms with van der Waals surface area (Å²) in [5, 5.41) is 9.53. The Labute approximate surface area is 150 Å². The molecule has 0 spiro atoms. The van der Waals surface area contributed by atoms with E-state index in [1.165, 1.54) is 0 Å². The lowest BCUT2D eigenvalue weighted by atomic mass is 10.1. The van der Waals surface area contributed by atoms with Gasteiger partial charge in [-0.25, -0.2) is 0 Å². The number of carbonyl (C=O) groups is 1. The zero-order valence-corrected chi connectivity index (χ0v) is 14.8. The topological polar surface area (TPSA) is 47.3 Å². The van der Waals surface area contributed by atoms with Crippen LogP contribution in [0.4, 0.5) is 0 Å². The number of nitrogens with zero attached hydrogens (tertiary/aromatic N) is 3. The Morgan fingerprint density at radius 1 is 1.00 bits per heavy atom. The summed E-state index contributed by atoms with van der Waals surface area (Å²) in [6.07, 6.45) is 0. The standard InChI is InChI=1S/C19H18BrN3O/c20-17-8-6-16(7-9-17)19(24)23-12-10-22(11-13-23)18(14-21)15-4-2-1-3-5-15/h1-9,18H,10-13H2. The van der Waals surface area contributed by atoms with Crippen molar-refractivity contribution in [3.63, 3.8) is 0 Å². The Balaban J connectivity index is 1.64. The summed E-state index contributed by atoms with van der Waals surface area (Å²) < 4.78 is 0.962. The molecule has 1 heterocycles. The van der Waals surface area contributed by atoms with E-state index in [1.807, 2.05) is 59.5 Å². The molecule has 3 rings (SSSR count). The van der Waals surface area contributed by atoms with E-state index in [4.69, 9.17) is 0 Å². The third-order valence-corrected chi connectivity index (χ3v) is 4.82. The molecule has 1 fully saturated rings. The first-order valence-corrected chi connectivity index (χ1v) is 8.72. The van der Waals surface area contributed by atoms with Crippen molar-refractivity contribution in [2.75, 3.05) is 26.2 Å². The van der Waals surface area contributed by atoms with E-state index in [0.29, 0.717) is 31.7 Å². The quantitative estimate of drug-likeness (QED) is 0.814. The number of benzene rings is 2. The van der Waals surface area contributed by atoms with Crippen LogP contribution in [0.2, 0.25) is 0 Å². The van der Waals surface area contributed by atoms with Gasteiger partial charge >= 0.3 is 0 Å². The Bertz CT molecular complexity index is 731. The number of rotatable bonds is 3. The van der Waals surface area contributed by atoms with Crippen LogP contribution in [-0.4, -0.2) is 41.9 Å². The zero-order chi connectivity index (χ0) is 16.9. The molecule has 1 saturated heterocycles. The van der Waals surface area contributed by atoms with E-state index in [1.54, 1.807) is 0 Å². The van der Waals surface area contributed by atoms with E-state index in [9.17, 15) is 10.1 Å². The predicted octanol–water partition coefficient (Wildman–Crippen LogP) is 3.47. The lowest BCUT2D eigenvalue weighted by Crippen LogP contribution is -2.49. The lowest BCUT2D eigenvalue weighted by Gasteiger charge is -2.37. The van der Waals surface area contributed by atoms with Gasteiger partial charge in [0.2, 0.25) is 0 Å². The third-order valence-electron chi connectivity index (χ3n) is 4.30. The highest BCUT2D eigenvalue weighted by molar-refractivity contribution is 9.10.